The van der Waals surface area contributed by atoms with E-state index in [-0.39, 0.29) is 5.91 Å². The minimum atomic E-state index is -0.0101. The first-order chi connectivity index (χ1) is 13.6. The molecule has 0 atom stereocenters. The molecule has 3 aromatic rings. The average Bonchev–Trinajstić information content (AvgIpc) is 3.16. The lowest BCUT2D eigenvalue weighted by molar-refractivity contribution is -0.118. The highest BCUT2D eigenvalue weighted by Gasteiger charge is 2.07. The Morgan fingerprint density at radius 1 is 1.07 bits per heavy atom. The smallest absolute Gasteiger partial charge is 0.216 e. The van der Waals surface area contributed by atoms with E-state index in [9.17, 15) is 4.79 Å². The molecular weight excluding hydrogens is 372 g/mol. The van der Waals surface area contributed by atoms with Crippen molar-refractivity contribution < 1.29 is 14.3 Å². The Bertz CT molecular complexity index is 889. The molecule has 0 saturated heterocycles. The molecule has 146 valence electrons. The fourth-order valence-corrected chi connectivity index (χ4v) is 3.37. The minimum Gasteiger partial charge on any atom is -0.494 e. The van der Waals surface area contributed by atoms with Crippen LogP contribution in [0.2, 0.25) is 0 Å². The van der Waals surface area contributed by atoms with Crippen LogP contribution < -0.4 is 14.8 Å². The van der Waals surface area contributed by atoms with Crippen LogP contribution in [0.15, 0.2) is 54.7 Å². The molecule has 6 heteroatoms. The third-order valence-corrected chi connectivity index (χ3v) is 4.91. The summed E-state index contributed by atoms with van der Waals surface area (Å²) in [6.07, 6.45) is 3.53. The van der Waals surface area contributed by atoms with E-state index in [4.69, 9.17) is 9.47 Å². The van der Waals surface area contributed by atoms with Gasteiger partial charge in [0.2, 0.25) is 11.0 Å². The lowest BCUT2D eigenvalue weighted by Crippen LogP contribution is -2.22. The van der Waals surface area contributed by atoms with Gasteiger partial charge < -0.3 is 14.8 Å². The number of nitrogens with zero attached hydrogens (tertiary/aromatic N) is 1. The molecule has 3 rings (SSSR count). The Kier molecular flexibility index (Phi) is 7.03. The molecule has 0 unspecified atom stereocenters. The molecule has 0 spiro atoms. The second kappa shape index (κ2) is 9.90. The number of aromatic nitrogens is 1. The average molecular weight is 397 g/mol. The van der Waals surface area contributed by atoms with Crippen molar-refractivity contribution in [3.8, 4) is 27.1 Å². The summed E-state index contributed by atoms with van der Waals surface area (Å²) in [4.78, 5) is 15.4. The fourth-order valence-electron chi connectivity index (χ4n) is 2.58. The highest BCUT2D eigenvalue weighted by atomic mass is 32.1. The van der Waals surface area contributed by atoms with Crippen LogP contribution in [-0.2, 0) is 11.2 Å². The van der Waals surface area contributed by atoms with Crippen molar-refractivity contribution in [1.82, 2.24) is 10.3 Å². The molecule has 0 fully saturated rings. The molecule has 2 aromatic carbocycles. The van der Waals surface area contributed by atoms with Crippen LogP contribution in [-0.4, -0.2) is 24.0 Å². The molecule has 1 amide bonds. The van der Waals surface area contributed by atoms with E-state index in [1.165, 1.54) is 18.3 Å². The van der Waals surface area contributed by atoms with Crippen molar-refractivity contribution >= 4 is 17.2 Å². The van der Waals surface area contributed by atoms with E-state index in [0.717, 1.165) is 52.1 Å². The second-order valence-corrected chi connectivity index (χ2v) is 7.33. The summed E-state index contributed by atoms with van der Waals surface area (Å²) in [6.45, 7) is 4.97. The molecule has 0 aliphatic carbocycles. The summed E-state index contributed by atoms with van der Waals surface area (Å²) in [7, 11) is 0. The number of hydrogen-bond donors (Lipinski definition) is 1. The Balaban J connectivity index is 1.57. The normalized spacial score (nSPS) is 10.5. The summed E-state index contributed by atoms with van der Waals surface area (Å²) in [5, 5.41) is 4.44. The maximum Gasteiger partial charge on any atom is 0.216 e. The molecular formula is C22H24N2O3S. The van der Waals surface area contributed by atoms with Crippen molar-refractivity contribution in [3.05, 3.63) is 60.3 Å². The molecule has 0 aliphatic heterocycles. The third-order valence-electron chi connectivity index (χ3n) is 3.99. The van der Waals surface area contributed by atoms with Gasteiger partial charge in [-0.25, -0.2) is 4.98 Å². The van der Waals surface area contributed by atoms with Gasteiger partial charge in [0.1, 0.15) is 16.5 Å². The molecule has 1 N–H and O–H groups in total. The largest absolute Gasteiger partial charge is 0.494 e. The van der Waals surface area contributed by atoms with Crippen LogP contribution >= 0.6 is 11.3 Å². The molecule has 1 heterocycles. The van der Waals surface area contributed by atoms with Crippen LogP contribution in [0.1, 0.15) is 25.8 Å². The Morgan fingerprint density at radius 3 is 2.46 bits per heavy atom. The molecule has 0 bridgehead atoms. The van der Waals surface area contributed by atoms with Gasteiger partial charge in [-0.2, -0.15) is 0 Å². The van der Waals surface area contributed by atoms with E-state index < -0.39 is 0 Å². The molecule has 0 aliphatic rings. The van der Waals surface area contributed by atoms with Gasteiger partial charge in [-0.1, -0.05) is 30.4 Å². The summed E-state index contributed by atoms with van der Waals surface area (Å²) in [5.41, 5.74) is 2.19. The SMILES string of the molecule is CCCOc1ccc(-c2ncc(Oc3ccc(CCNC(C)=O)cc3)s2)cc1. The first-order valence-corrected chi connectivity index (χ1v) is 10.2. The van der Waals surface area contributed by atoms with Gasteiger partial charge in [0, 0.05) is 19.0 Å². The van der Waals surface area contributed by atoms with Gasteiger partial charge in [-0.15, -0.1) is 0 Å². The number of thiazole rings is 1. The van der Waals surface area contributed by atoms with E-state index in [2.05, 4.69) is 17.2 Å². The van der Waals surface area contributed by atoms with Gasteiger partial charge in [-0.05, 0) is 54.8 Å². The number of amides is 1. The zero-order valence-corrected chi connectivity index (χ0v) is 16.9. The van der Waals surface area contributed by atoms with Crippen LogP contribution in [0.25, 0.3) is 10.6 Å². The van der Waals surface area contributed by atoms with Crippen molar-refractivity contribution in [3.63, 3.8) is 0 Å². The lowest BCUT2D eigenvalue weighted by atomic mass is 10.1. The Labute approximate surface area is 169 Å². The Hall–Kier alpha value is -2.86. The quantitative estimate of drug-likeness (QED) is 0.549. The summed E-state index contributed by atoms with van der Waals surface area (Å²) in [6, 6.07) is 15.8. The summed E-state index contributed by atoms with van der Waals surface area (Å²) >= 11 is 1.50. The predicted octanol–water partition coefficient (Wildman–Crippen LogP) is 5.07. The molecule has 28 heavy (non-hydrogen) atoms. The third kappa shape index (κ3) is 5.82. The van der Waals surface area contributed by atoms with Crippen molar-refractivity contribution in [2.75, 3.05) is 13.2 Å². The Morgan fingerprint density at radius 2 is 1.79 bits per heavy atom. The van der Waals surface area contributed by atoms with Gasteiger partial charge in [-0.3, -0.25) is 4.79 Å². The number of benzene rings is 2. The molecule has 5 nitrogen and oxygen atoms in total. The van der Waals surface area contributed by atoms with Crippen LogP contribution in [0.3, 0.4) is 0 Å². The molecule has 1 aromatic heterocycles. The zero-order valence-electron chi connectivity index (χ0n) is 16.1. The monoisotopic (exact) mass is 396 g/mol. The number of carbonyl (C=O) groups is 1. The predicted molar refractivity (Wildman–Crippen MR) is 112 cm³/mol. The van der Waals surface area contributed by atoms with Crippen LogP contribution in [0.5, 0.6) is 16.6 Å². The maximum absolute atomic E-state index is 10.9. The maximum atomic E-state index is 10.9. The number of ether oxygens (including phenoxy) is 2. The second-order valence-electron chi connectivity index (χ2n) is 6.34. The van der Waals surface area contributed by atoms with E-state index in [0.29, 0.717) is 6.54 Å². The topological polar surface area (TPSA) is 60.5 Å². The molecule has 0 saturated carbocycles. The van der Waals surface area contributed by atoms with Gasteiger partial charge >= 0.3 is 0 Å². The first-order valence-electron chi connectivity index (χ1n) is 9.34. The van der Waals surface area contributed by atoms with Gasteiger partial charge in [0.05, 0.1) is 12.8 Å². The van der Waals surface area contributed by atoms with E-state index in [1.54, 1.807) is 6.20 Å². The number of rotatable bonds is 9. The first kappa shape index (κ1) is 19.9. The zero-order chi connectivity index (χ0) is 19.8. The van der Waals surface area contributed by atoms with Crippen LogP contribution in [0.4, 0.5) is 0 Å². The van der Waals surface area contributed by atoms with Gasteiger partial charge in [0.25, 0.3) is 0 Å². The highest BCUT2D eigenvalue weighted by Crippen LogP contribution is 2.33. The van der Waals surface area contributed by atoms with Gasteiger partial charge in [0.15, 0.2) is 0 Å². The lowest BCUT2D eigenvalue weighted by Gasteiger charge is -2.05. The summed E-state index contributed by atoms with van der Waals surface area (Å²) < 4.78 is 11.5. The van der Waals surface area contributed by atoms with E-state index in [1.807, 2.05) is 48.5 Å². The molecule has 0 radical (unpaired) electrons. The standard InChI is InChI=1S/C22H24N2O3S/c1-3-14-26-19-10-6-18(7-11-19)22-24-15-21(28-22)27-20-8-4-17(5-9-20)12-13-23-16(2)25/h4-11,15H,3,12-14H2,1-2H3,(H,23,25). The number of nitrogens with one attached hydrogen (secondary N) is 1. The van der Waals surface area contributed by atoms with Crippen molar-refractivity contribution in [2.45, 2.75) is 26.7 Å². The number of hydrogen-bond acceptors (Lipinski definition) is 5. The fraction of sp³-hybridized carbons (Fsp3) is 0.273. The van der Waals surface area contributed by atoms with E-state index >= 15 is 0 Å². The number of carbonyl (C=O) groups excluding carboxylic acids is 1. The highest BCUT2D eigenvalue weighted by molar-refractivity contribution is 7.16. The summed E-state index contributed by atoms with van der Waals surface area (Å²) in [5.74, 6) is 1.63. The minimum absolute atomic E-state index is 0.0101. The van der Waals surface area contributed by atoms with Crippen molar-refractivity contribution in [1.29, 1.82) is 0 Å². The van der Waals surface area contributed by atoms with Crippen LogP contribution in [0, 0.1) is 0 Å². The van der Waals surface area contributed by atoms with Crippen molar-refractivity contribution in [2.24, 2.45) is 0 Å².